The van der Waals surface area contributed by atoms with E-state index < -0.39 is 28.9 Å². The molecule has 0 rings (SSSR count). The number of rotatable bonds is 7. The highest BCUT2D eigenvalue weighted by Crippen LogP contribution is 2.30. The summed E-state index contributed by atoms with van der Waals surface area (Å²) in [5.74, 6) is -1.53. The highest BCUT2D eigenvalue weighted by atomic mass is 16.5. The van der Waals surface area contributed by atoms with Crippen LogP contribution in [0.5, 0.6) is 0 Å². The summed E-state index contributed by atoms with van der Waals surface area (Å²) in [4.78, 5) is 36.3. The second kappa shape index (κ2) is 7.28. The largest absolute Gasteiger partial charge is 0.481 e. The summed E-state index contributed by atoms with van der Waals surface area (Å²) in [5, 5.41) is 12.0. The Balaban J connectivity index is 5.04. The summed E-state index contributed by atoms with van der Waals surface area (Å²) >= 11 is 0. The lowest BCUT2D eigenvalue weighted by Crippen LogP contribution is -2.60. The predicted octanol–water partition coefficient (Wildman–Crippen LogP) is 1.47. The van der Waals surface area contributed by atoms with Crippen molar-refractivity contribution >= 4 is 18.0 Å². The van der Waals surface area contributed by atoms with E-state index in [0.29, 0.717) is 13.0 Å². The number of esters is 1. The standard InChI is InChI=1S/C14H26N2O5/c1-7-8-16(9-10(17)21-6)12(20)15-14(4,5)13(2,3)11(18)19/h7-9H2,1-6H3,(H,15,20)(H,18,19). The maximum absolute atomic E-state index is 12.3. The smallest absolute Gasteiger partial charge is 0.325 e. The Morgan fingerprint density at radius 3 is 2.10 bits per heavy atom. The molecule has 0 aliphatic rings. The van der Waals surface area contributed by atoms with Gasteiger partial charge < -0.3 is 20.1 Å². The van der Waals surface area contributed by atoms with Gasteiger partial charge in [-0.05, 0) is 34.1 Å². The number of urea groups is 1. The van der Waals surface area contributed by atoms with Crippen LogP contribution < -0.4 is 5.32 Å². The SMILES string of the molecule is CCCN(CC(=O)OC)C(=O)NC(C)(C)C(C)(C)C(=O)O. The summed E-state index contributed by atoms with van der Waals surface area (Å²) in [6, 6.07) is -0.485. The minimum atomic E-state index is -1.16. The Morgan fingerprint density at radius 2 is 1.71 bits per heavy atom. The Hall–Kier alpha value is -1.79. The van der Waals surface area contributed by atoms with Gasteiger partial charge in [-0.25, -0.2) is 4.79 Å². The van der Waals surface area contributed by atoms with E-state index in [0.717, 1.165) is 0 Å². The monoisotopic (exact) mass is 302 g/mol. The van der Waals surface area contributed by atoms with Gasteiger partial charge in [0.2, 0.25) is 0 Å². The normalized spacial score (nSPS) is 11.7. The van der Waals surface area contributed by atoms with Crippen LogP contribution in [0.15, 0.2) is 0 Å². The van der Waals surface area contributed by atoms with Crippen LogP contribution >= 0.6 is 0 Å². The molecule has 7 heteroatoms. The number of ether oxygens (including phenoxy) is 1. The molecule has 0 atom stereocenters. The van der Waals surface area contributed by atoms with Crippen molar-refractivity contribution in [1.29, 1.82) is 0 Å². The molecule has 0 bridgehead atoms. The van der Waals surface area contributed by atoms with Gasteiger partial charge in [-0.2, -0.15) is 0 Å². The fraction of sp³-hybridized carbons (Fsp3) is 0.786. The van der Waals surface area contributed by atoms with E-state index in [1.807, 2.05) is 6.92 Å². The van der Waals surface area contributed by atoms with Gasteiger partial charge in [0.15, 0.2) is 0 Å². The first-order chi connectivity index (χ1) is 9.49. The number of carbonyl (C=O) groups is 3. The number of carbonyl (C=O) groups excluding carboxylic acids is 2. The molecule has 2 amide bonds. The fourth-order valence-electron chi connectivity index (χ4n) is 1.51. The van der Waals surface area contributed by atoms with E-state index in [1.54, 1.807) is 27.7 Å². The first-order valence-electron chi connectivity index (χ1n) is 6.87. The van der Waals surface area contributed by atoms with Gasteiger partial charge in [0, 0.05) is 6.54 Å². The average Bonchev–Trinajstić information content (AvgIpc) is 2.36. The molecule has 7 nitrogen and oxygen atoms in total. The highest BCUT2D eigenvalue weighted by molar-refractivity contribution is 5.83. The number of nitrogens with one attached hydrogen (secondary N) is 1. The van der Waals surface area contributed by atoms with Crippen molar-refractivity contribution in [3.8, 4) is 0 Å². The van der Waals surface area contributed by atoms with Crippen molar-refractivity contribution in [3.63, 3.8) is 0 Å². The number of aliphatic carboxylic acids is 1. The minimum absolute atomic E-state index is 0.167. The maximum atomic E-state index is 12.3. The molecular weight excluding hydrogens is 276 g/mol. The van der Waals surface area contributed by atoms with Gasteiger partial charge in [-0.15, -0.1) is 0 Å². The number of hydrogen-bond acceptors (Lipinski definition) is 4. The second-order valence-corrected chi connectivity index (χ2v) is 5.98. The Morgan fingerprint density at radius 1 is 1.19 bits per heavy atom. The summed E-state index contributed by atoms with van der Waals surface area (Å²) in [6.07, 6.45) is 0.674. The minimum Gasteiger partial charge on any atom is -0.481 e. The first kappa shape index (κ1) is 19.2. The van der Waals surface area contributed by atoms with Crippen LogP contribution in [0.4, 0.5) is 4.79 Å². The molecule has 0 saturated heterocycles. The average molecular weight is 302 g/mol. The van der Waals surface area contributed by atoms with Crippen LogP contribution in [0.3, 0.4) is 0 Å². The molecule has 0 spiro atoms. The van der Waals surface area contributed by atoms with Gasteiger partial charge in [0.1, 0.15) is 6.54 Å². The third kappa shape index (κ3) is 4.91. The first-order valence-corrected chi connectivity index (χ1v) is 6.87. The lowest BCUT2D eigenvalue weighted by Gasteiger charge is -2.40. The Kier molecular flexibility index (Phi) is 6.66. The van der Waals surface area contributed by atoms with Crippen LogP contribution in [-0.2, 0) is 14.3 Å². The third-order valence-corrected chi connectivity index (χ3v) is 3.84. The lowest BCUT2D eigenvalue weighted by molar-refractivity contribution is -0.151. The molecule has 0 aromatic carbocycles. The summed E-state index contributed by atoms with van der Waals surface area (Å²) < 4.78 is 4.56. The lowest BCUT2D eigenvalue weighted by atomic mass is 9.74. The Labute approximate surface area is 125 Å². The highest BCUT2D eigenvalue weighted by Gasteiger charge is 2.45. The third-order valence-electron chi connectivity index (χ3n) is 3.84. The number of hydrogen-bond donors (Lipinski definition) is 2. The summed E-state index contributed by atoms with van der Waals surface area (Å²) in [5.41, 5.74) is -2.15. The molecule has 0 saturated carbocycles. The number of amides is 2. The molecule has 0 aromatic heterocycles. The molecule has 0 fully saturated rings. The zero-order valence-corrected chi connectivity index (χ0v) is 13.6. The van der Waals surface area contributed by atoms with Gasteiger partial charge in [-0.1, -0.05) is 6.92 Å². The molecule has 0 unspecified atom stereocenters. The van der Waals surface area contributed by atoms with Crippen molar-refractivity contribution in [2.45, 2.75) is 46.6 Å². The maximum Gasteiger partial charge on any atom is 0.325 e. The second-order valence-electron chi connectivity index (χ2n) is 5.98. The Bertz CT molecular complexity index is 404. The van der Waals surface area contributed by atoms with Gasteiger partial charge in [0.05, 0.1) is 18.1 Å². The van der Waals surface area contributed by atoms with Crippen LogP contribution in [0, 0.1) is 5.41 Å². The fourth-order valence-corrected chi connectivity index (χ4v) is 1.51. The van der Waals surface area contributed by atoms with Gasteiger partial charge >= 0.3 is 18.0 Å². The van der Waals surface area contributed by atoms with Crippen LogP contribution in [-0.4, -0.2) is 53.7 Å². The molecule has 0 heterocycles. The van der Waals surface area contributed by atoms with E-state index in [9.17, 15) is 19.5 Å². The topological polar surface area (TPSA) is 95.9 Å². The molecular formula is C14H26N2O5. The molecule has 0 radical (unpaired) electrons. The molecule has 21 heavy (non-hydrogen) atoms. The number of carboxylic acid groups (broad SMARTS) is 1. The van der Waals surface area contributed by atoms with Crippen molar-refractivity contribution in [2.24, 2.45) is 5.41 Å². The molecule has 122 valence electrons. The zero-order chi connectivity index (χ0) is 16.8. The van der Waals surface area contributed by atoms with Crippen molar-refractivity contribution < 1.29 is 24.2 Å². The van der Waals surface area contributed by atoms with Crippen molar-refractivity contribution in [1.82, 2.24) is 10.2 Å². The summed E-state index contributed by atoms with van der Waals surface area (Å²) in [6.45, 7) is 8.46. The van der Waals surface area contributed by atoms with Gasteiger partial charge in [0.25, 0.3) is 0 Å². The predicted molar refractivity (Wildman–Crippen MR) is 77.9 cm³/mol. The molecule has 2 N–H and O–H groups in total. The zero-order valence-electron chi connectivity index (χ0n) is 13.6. The molecule has 0 aliphatic heterocycles. The molecule has 0 aromatic rings. The van der Waals surface area contributed by atoms with Crippen LogP contribution in [0.25, 0.3) is 0 Å². The van der Waals surface area contributed by atoms with Crippen LogP contribution in [0.1, 0.15) is 41.0 Å². The van der Waals surface area contributed by atoms with E-state index in [4.69, 9.17) is 0 Å². The van der Waals surface area contributed by atoms with Crippen molar-refractivity contribution in [2.75, 3.05) is 20.2 Å². The van der Waals surface area contributed by atoms with E-state index >= 15 is 0 Å². The van der Waals surface area contributed by atoms with Crippen molar-refractivity contribution in [3.05, 3.63) is 0 Å². The number of methoxy groups -OCH3 is 1. The van der Waals surface area contributed by atoms with E-state index in [-0.39, 0.29) is 6.54 Å². The number of nitrogens with zero attached hydrogens (tertiary/aromatic N) is 1. The molecule has 0 aliphatic carbocycles. The van der Waals surface area contributed by atoms with E-state index in [1.165, 1.54) is 12.0 Å². The van der Waals surface area contributed by atoms with Gasteiger partial charge in [-0.3, -0.25) is 9.59 Å². The van der Waals surface area contributed by atoms with Crippen LogP contribution in [0.2, 0.25) is 0 Å². The number of carboxylic acids is 1. The summed E-state index contributed by atoms with van der Waals surface area (Å²) in [7, 11) is 1.25. The quantitative estimate of drug-likeness (QED) is 0.694. The van der Waals surface area contributed by atoms with E-state index in [2.05, 4.69) is 10.1 Å².